The Morgan fingerprint density at radius 1 is 0.945 bits per heavy atom. The molecule has 3 fully saturated rings. The second kappa shape index (κ2) is 12.9. The van der Waals surface area contributed by atoms with E-state index in [4.69, 9.17) is 33.0 Å². The molecule has 2 saturated heterocycles. The predicted octanol–water partition coefficient (Wildman–Crippen LogP) is 8.67. The molecule has 2 aliphatic carbocycles. The minimum absolute atomic E-state index is 0.0366. The largest absolute Gasteiger partial charge is 0.504 e. The van der Waals surface area contributed by atoms with Crippen LogP contribution in [0.25, 0.3) is 20.7 Å². The van der Waals surface area contributed by atoms with Crippen LogP contribution in [0.2, 0.25) is 10.0 Å². The number of rotatable bonds is 5. The maximum atomic E-state index is 15.2. The Morgan fingerprint density at radius 3 is 2.40 bits per heavy atom. The number of amides is 4. The number of benzene rings is 3. The number of carbonyl (C=O) groups is 4. The molecule has 10 nitrogen and oxygen atoms in total. The number of phenols is 1. The van der Waals surface area contributed by atoms with Crippen LogP contribution < -0.4 is 14.5 Å². The van der Waals surface area contributed by atoms with Gasteiger partial charge in [-0.3, -0.25) is 28.8 Å². The van der Waals surface area contributed by atoms with E-state index >= 15 is 4.79 Å². The molecule has 280 valence electrons. The summed E-state index contributed by atoms with van der Waals surface area (Å²) in [5.74, 6) is -4.29. The lowest BCUT2D eigenvalue weighted by Gasteiger charge is -2.49. The first kappa shape index (κ1) is 36.4. The molecule has 2 aliphatic heterocycles. The molecular formula is C41H33Cl2IN4O6S. The van der Waals surface area contributed by atoms with E-state index in [2.05, 4.69) is 0 Å². The first-order chi connectivity index (χ1) is 26.2. The summed E-state index contributed by atoms with van der Waals surface area (Å²) in [5.41, 5.74) is 2.26. The zero-order valence-corrected chi connectivity index (χ0v) is 34.5. The fraction of sp³-hybridized carbons (Fsp3) is 0.293. The summed E-state index contributed by atoms with van der Waals surface area (Å²) in [6, 6.07) is 17.6. The lowest BCUT2D eigenvalue weighted by molar-refractivity contribution is -0.131. The molecule has 0 bridgehead atoms. The number of methoxy groups -OCH3 is 1. The molecule has 6 atom stereocenters. The summed E-state index contributed by atoms with van der Waals surface area (Å²) in [7, 11) is 3.18. The van der Waals surface area contributed by atoms with Gasteiger partial charge < -0.3 is 9.84 Å². The van der Waals surface area contributed by atoms with Gasteiger partial charge in [0.25, 0.3) is 0 Å². The van der Waals surface area contributed by atoms with E-state index in [0.717, 1.165) is 26.1 Å². The Kier molecular flexibility index (Phi) is 8.54. The highest BCUT2D eigenvalue weighted by Crippen LogP contribution is 2.64. The van der Waals surface area contributed by atoms with Gasteiger partial charge in [0.2, 0.25) is 23.6 Å². The first-order valence-electron chi connectivity index (χ1n) is 17.8. The van der Waals surface area contributed by atoms with Gasteiger partial charge in [0.15, 0.2) is 11.5 Å². The molecule has 14 heteroatoms. The standard InChI is InChI=1S/C41H33Cl2IN4O6S/c1-18-25-15-21(43)7-12-31(25)55-36(18)29-17-32(46(3)45-29)48-38(51)27-16-26-23(34(41(27,2)40(48)53)19-13-28(44)35(49)30(14-19)54-4)10-11-24-33(26)39(52)47(37(24)50)22-8-5-20(42)6-9-22/h5-10,12-15,17,24,26-27,33-34,49H,11,16H2,1-4H3. The fourth-order valence-corrected chi connectivity index (χ4v) is 11.7. The van der Waals surface area contributed by atoms with Gasteiger partial charge in [-0.2, -0.15) is 5.10 Å². The van der Waals surface area contributed by atoms with Gasteiger partial charge in [-0.15, -0.1) is 11.3 Å². The average Bonchev–Trinajstić information content (AvgIpc) is 3.83. The van der Waals surface area contributed by atoms with Gasteiger partial charge >= 0.3 is 0 Å². The molecule has 3 aromatic carbocycles. The summed E-state index contributed by atoms with van der Waals surface area (Å²) in [4.78, 5) is 62.0. The first-order valence-corrected chi connectivity index (χ1v) is 20.4. The molecule has 4 heterocycles. The van der Waals surface area contributed by atoms with E-state index in [1.54, 1.807) is 65.5 Å². The number of hydrogen-bond donors (Lipinski definition) is 1. The number of thiophene rings is 1. The number of phenolic OH excluding ortho intramolecular Hbond substituents is 1. The van der Waals surface area contributed by atoms with Crippen molar-refractivity contribution in [3.8, 4) is 22.1 Å². The normalized spacial score (nSPS) is 26.1. The Hall–Kier alpha value is -4.24. The summed E-state index contributed by atoms with van der Waals surface area (Å²) in [6.45, 7) is 3.83. The maximum absolute atomic E-state index is 15.2. The minimum atomic E-state index is -1.30. The van der Waals surface area contributed by atoms with Gasteiger partial charge in [-0.1, -0.05) is 34.9 Å². The molecular weight excluding hydrogens is 874 g/mol. The van der Waals surface area contributed by atoms with Crippen molar-refractivity contribution in [2.24, 2.45) is 36.1 Å². The van der Waals surface area contributed by atoms with Crippen LogP contribution in [0, 0.1) is 39.6 Å². The molecule has 2 aromatic heterocycles. The molecule has 4 amide bonds. The maximum Gasteiger partial charge on any atom is 0.242 e. The zero-order valence-electron chi connectivity index (χ0n) is 30.0. The third kappa shape index (κ3) is 5.20. The third-order valence-corrected chi connectivity index (χ3v) is 14.8. The van der Waals surface area contributed by atoms with Crippen LogP contribution in [0.15, 0.2) is 72.3 Å². The quantitative estimate of drug-likeness (QED) is 0.106. The van der Waals surface area contributed by atoms with E-state index in [1.807, 2.05) is 60.7 Å². The SMILES string of the molecule is COc1cc(C2C3=CCC4C(=O)N(c5ccc(Cl)cc5)C(=O)C4C3CC3C(=O)N(c4cc(-c5sc6ccc(Cl)cc6c5C)nn4C)C(=O)C32C)cc(I)c1O. The van der Waals surface area contributed by atoms with Crippen molar-refractivity contribution in [3.05, 3.63) is 97.1 Å². The van der Waals surface area contributed by atoms with Crippen molar-refractivity contribution in [1.29, 1.82) is 0 Å². The molecule has 0 radical (unpaired) electrons. The average molecular weight is 908 g/mol. The monoisotopic (exact) mass is 906 g/mol. The minimum Gasteiger partial charge on any atom is -0.504 e. The lowest BCUT2D eigenvalue weighted by atomic mass is 9.51. The van der Waals surface area contributed by atoms with Gasteiger partial charge in [-0.25, -0.2) is 4.90 Å². The number of halogens is 3. The van der Waals surface area contributed by atoms with Crippen LogP contribution in [-0.2, 0) is 26.2 Å². The van der Waals surface area contributed by atoms with Gasteiger partial charge in [-0.05, 0) is 126 Å². The summed E-state index contributed by atoms with van der Waals surface area (Å²) in [6.07, 6.45) is 2.49. The smallest absolute Gasteiger partial charge is 0.242 e. The predicted molar refractivity (Wildman–Crippen MR) is 220 cm³/mol. The van der Waals surface area contributed by atoms with E-state index in [9.17, 15) is 19.5 Å². The lowest BCUT2D eigenvalue weighted by Crippen LogP contribution is -2.49. The van der Waals surface area contributed by atoms with Crippen LogP contribution in [0.5, 0.6) is 11.5 Å². The molecule has 4 aliphatic rings. The summed E-state index contributed by atoms with van der Waals surface area (Å²) in [5, 5.41) is 17.8. The Morgan fingerprint density at radius 2 is 1.67 bits per heavy atom. The molecule has 5 aromatic rings. The Labute approximate surface area is 343 Å². The number of nitrogens with zero attached hydrogens (tertiary/aromatic N) is 4. The van der Waals surface area contributed by atoms with Crippen molar-refractivity contribution in [1.82, 2.24) is 9.78 Å². The van der Waals surface area contributed by atoms with Crippen LogP contribution in [0.3, 0.4) is 0 Å². The Bertz CT molecular complexity index is 2570. The second-order valence-electron chi connectivity index (χ2n) is 14.9. The van der Waals surface area contributed by atoms with Crippen molar-refractivity contribution in [2.75, 3.05) is 16.9 Å². The van der Waals surface area contributed by atoms with Gasteiger partial charge in [0, 0.05) is 33.8 Å². The number of allylic oxidation sites excluding steroid dienone is 2. The van der Waals surface area contributed by atoms with Gasteiger partial charge in [0.05, 0.1) is 44.4 Å². The highest BCUT2D eigenvalue weighted by Gasteiger charge is 2.68. The molecule has 55 heavy (non-hydrogen) atoms. The number of aromatic nitrogens is 2. The number of aromatic hydroxyl groups is 1. The van der Waals surface area contributed by atoms with Crippen molar-refractivity contribution < 1.29 is 29.0 Å². The van der Waals surface area contributed by atoms with E-state index in [-0.39, 0.29) is 41.5 Å². The topological polar surface area (TPSA) is 122 Å². The van der Waals surface area contributed by atoms with Crippen LogP contribution >= 0.6 is 57.1 Å². The van der Waals surface area contributed by atoms with Crippen molar-refractivity contribution in [3.63, 3.8) is 0 Å². The number of imide groups is 2. The van der Waals surface area contributed by atoms with E-state index in [1.165, 1.54) is 16.9 Å². The van der Waals surface area contributed by atoms with Crippen LogP contribution in [-0.4, -0.2) is 45.6 Å². The molecule has 6 unspecified atom stereocenters. The fourth-order valence-electron chi connectivity index (χ4n) is 9.59. The van der Waals surface area contributed by atoms with Crippen LogP contribution in [0.1, 0.15) is 36.8 Å². The number of fused-ring (bicyclic) bond motifs is 5. The summed E-state index contributed by atoms with van der Waals surface area (Å²) >= 11 is 16.1. The number of ether oxygens (including phenoxy) is 1. The number of carbonyl (C=O) groups excluding carboxylic acids is 4. The number of aryl methyl sites for hydroxylation is 2. The second-order valence-corrected chi connectivity index (χ2v) is 18.0. The molecule has 1 N–H and O–H groups in total. The Balaban J connectivity index is 1.17. The van der Waals surface area contributed by atoms with Crippen molar-refractivity contribution >= 4 is 102 Å². The van der Waals surface area contributed by atoms with Crippen molar-refractivity contribution in [2.45, 2.75) is 32.6 Å². The summed E-state index contributed by atoms with van der Waals surface area (Å²) < 4.78 is 8.69. The van der Waals surface area contributed by atoms with E-state index in [0.29, 0.717) is 42.8 Å². The van der Waals surface area contributed by atoms with E-state index < -0.39 is 35.0 Å². The molecule has 1 saturated carbocycles. The molecule has 9 rings (SSSR count). The highest BCUT2D eigenvalue weighted by molar-refractivity contribution is 14.1. The number of anilines is 2. The highest BCUT2D eigenvalue weighted by atomic mass is 127. The van der Waals surface area contributed by atoms with Gasteiger partial charge in [0.1, 0.15) is 11.5 Å². The van der Waals surface area contributed by atoms with Crippen LogP contribution in [0.4, 0.5) is 11.5 Å². The number of hydrogen-bond acceptors (Lipinski definition) is 8. The zero-order chi connectivity index (χ0) is 38.8. The third-order valence-electron chi connectivity index (χ3n) is 12.2. The molecule has 0 spiro atoms.